The molecule has 0 atom stereocenters. The molecular formula is C7H10N2. The van der Waals surface area contributed by atoms with Crippen LogP contribution in [0.1, 0.15) is 19.3 Å². The zero-order valence-electron chi connectivity index (χ0n) is 5.43. The predicted octanol–water partition coefficient (Wildman–Crippen LogP) is 0.953. The van der Waals surface area contributed by atoms with E-state index in [2.05, 4.69) is 6.19 Å². The molecule has 2 nitrogen and oxygen atoms in total. The van der Waals surface area contributed by atoms with Crippen molar-refractivity contribution in [3.63, 3.8) is 0 Å². The van der Waals surface area contributed by atoms with E-state index in [1.54, 1.807) is 0 Å². The first kappa shape index (κ1) is 5.10. The van der Waals surface area contributed by atoms with Gasteiger partial charge in [0, 0.05) is 13.1 Å². The summed E-state index contributed by atoms with van der Waals surface area (Å²) in [5.74, 6) is 0. The van der Waals surface area contributed by atoms with Crippen LogP contribution in [0.25, 0.3) is 0 Å². The zero-order chi connectivity index (χ0) is 6.32. The highest BCUT2D eigenvalue weighted by molar-refractivity contribution is 5.02. The third-order valence-corrected chi connectivity index (χ3v) is 2.54. The lowest BCUT2D eigenvalue weighted by Crippen LogP contribution is -2.13. The van der Waals surface area contributed by atoms with Crippen LogP contribution in [0.3, 0.4) is 0 Å². The third kappa shape index (κ3) is 0.682. The van der Waals surface area contributed by atoms with Gasteiger partial charge >= 0.3 is 0 Å². The zero-order valence-corrected chi connectivity index (χ0v) is 5.43. The number of hydrogen-bond acceptors (Lipinski definition) is 2. The van der Waals surface area contributed by atoms with Gasteiger partial charge in [0.1, 0.15) is 0 Å². The summed E-state index contributed by atoms with van der Waals surface area (Å²) >= 11 is 0. The minimum atomic E-state index is 0.621. The van der Waals surface area contributed by atoms with Crippen molar-refractivity contribution in [2.75, 3.05) is 13.1 Å². The molecule has 2 rings (SSSR count). The third-order valence-electron chi connectivity index (χ3n) is 2.54. The van der Waals surface area contributed by atoms with Gasteiger partial charge in [-0.25, -0.2) is 0 Å². The molecule has 1 aliphatic carbocycles. The highest BCUT2D eigenvalue weighted by Gasteiger charge is 2.47. The molecule has 1 spiro atoms. The molecule has 1 saturated carbocycles. The Labute approximate surface area is 55.1 Å². The topological polar surface area (TPSA) is 27.0 Å². The van der Waals surface area contributed by atoms with E-state index in [9.17, 15) is 0 Å². The van der Waals surface area contributed by atoms with Crippen molar-refractivity contribution in [2.24, 2.45) is 5.41 Å². The number of nitrogens with zero attached hydrogens (tertiary/aromatic N) is 2. The number of likely N-dealkylation sites (tertiary alicyclic amines) is 1. The van der Waals surface area contributed by atoms with E-state index in [0.717, 1.165) is 13.1 Å². The molecule has 0 aromatic carbocycles. The Bertz CT molecular complexity index is 164. The van der Waals surface area contributed by atoms with Gasteiger partial charge in [-0.2, -0.15) is 5.26 Å². The molecule has 2 heteroatoms. The quantitative estimate of drug-likeness (QED) is 0.447. The van der Waals surface area contributed by atoms with Crippen LogP contribution >= 0.6 is 0 Å². The Balaban J connectivity index is 2.02. The van der Waals surface area contributed by atoms with E-state index < -0.39 is 0 Å². The van der Waals surface area contributed by atoms with Crippen molar-refractivity contribution < 1.29 is 0 Å². The molecule has 2 aliphatic rings. The van der Waals surface area contributed by atoms with Gasteiger partial charge in [-0.15, -0.1) is 0 Å². The molecule has 0 aromatic heterocycles. The van der Waals surface area contributed by atoms with Crippen LogP contribution in [-0.2, 0) is 0 Å². The second-order valence-corrected chi connectivity index (χ2v) is 3.27. The molecule has 0 amide bonds. The van der Waals surface area contributed by atoms with E-state index in [1.165, 1.54) is 19.3 Å². The molecule has 0 bridgehead atoms. The summed E-state index contributed by atoms with van der Waals surface area (Å²) in [6.45, 7) is 2.06. The molecule has 48 valence electrons. The van der Waals surface area contributed by atoms with Crippen LogP contribution < -0.4 is 0 Å². The molecule has 0 unspecified atom stereocenters. The second kappa shape index (κ2) is 1.41. The molecule has 0 aromatic rings. The van der Waals surface area contributed by atoms with Gasteiger partial charge in [-0.1, -0.05) is 0 Å². The molecule has 2 fully saturated rings. The number of rotatable bonds is 0. The summed E-state index contributed by atoms with van der Waals surface area (Å²) in [6.07, 6.45) is 6.19. The van der Waals surface area contributed by atoms with Gasteiger partial charge < -0.3 is 4.90 Å². The molecule has 9 heavy (non-hydrogen) atoms. The lowest BCUT2D eigenvalue weighted by atomic mass is 10.1. The Hall–Kier alpha value is -0.710. The van der Waals surface area contributed by atoms with E-state index in [4.69, 9.17) is 5.26 Å². The van der Waals surface area contributed by atoms with Crippen LogP contribution in [0.4, 0.5) is 0 Å². The lowest BCUT2D eigenvalue weighted by molar-refractivity contribution is 0.446. The minimum absolute atomic E-state index is 0.621. The maximum atomic E-state index is 8.50. The van der Waals surface area contributed by atoms with Crippen LogP contribution in [-0.4, -0.2) is 18.0 Å². The van der Waals surface area contributed by atoms with Gasteiger partial charge in [0.05, 0.1) is 0 Å². The van der Waals surface area contributed by atoms with Crippen molar-refractivity contribution in [3.8, 4) is 6.19 Å². The van der Waals surface area contributed by atoms with Crippen molar-refractivity contribution in [3.05, 3.63) is 0 Å². The number of hydrogen-bond donors (Lipinski definition) is 0. The summed E-state index contributed by atoms with van der Waals surface area (Å²) in [5, 5.41) is 8.50. The summed E-state index contributed by atoms with van der Waals surface area (Å²) in [6, 6.07) is 0. The molecule has 1 heterocycles. The van der Waals surface area contributed by atoms with Gasteiger partial charge in [0.2, 0.25) is 0 Å². The van der Waals surface area contributed by atoms with E-state index in [-0.39, 0.29) is 0 Å². The highest BCUT2D eigenvalue weighted by Crippen LogP contribution is 2.52. The second-order valence-electron chi connectivity index (χ2n) is 3.27. The normalized spacial score (nSPS) is 28.6. The van der Waals surface area contributed by atoms with Gasteiger partial charge in [-0.05, 0) is 24.7 Å². The maximum Gasteiger partial charge on any atom is 0.179 e. The summed E-state index contributed by atoms with van der Waals surface area (Å²) < 4.78 is 0. The molecule has 1 aliphatic heterocycles. The first-order valence-corrected chi connectivity index (χ1v) is 3.49. The Kier molecular flexibility index (Phi) is 0.801. The summed E-state index contributed by atoms with van der Waals surface area (Å²) in [4.78, 5) is 1.88. The average molecular weight is 122 g/mol. The summed E-state index contributed by atoms with van der Waals surface area (Å²) in [5.41, 5.74) is 0.621. The van der Waals surface area contributed by atoms with E-state index >= 15 is 0 Å². The monoisotopic (exact) mass is 122 g/mol. The van der Waals surface area contributed by atoms with Crippen molar-refractivity contribution in [2.45, 2.75) is 19.3 Å². The number of nitriles is 1. The Morgan fingerprint density at radius 1 is 1.33 bits per heavy atom. The summed E-state index contributed by atoms with van der Waals surface area (Å²) in [7, 11) is 0. The Morgan fingerprint density at radius 2 is 2.11 bits per heavy atom. The highest BCUT2D eigenvalue weighted by atomic mass is 15.2. The smallest absolute Gasteiger partial charge is 0.179 e. The largest absolute Gasteiger partial charge is 0.310 e. The minimum Gasteiger partial charge on any atom is -0.310 e. The van der Waals surface area contributed by atoms with E-state index in [0.29, 0.717) is 5.41 Å². The van der Waals surface area contributed by atoms with Crippen molar-refractivity contribution in [1.82, 2.24) is 4.90 Å². The Morgan fingerprint density at radius 3 is 2.44 bits per heavy atom. The van der Waals surface area contributed by atoms with Gasteiger partial charge in [-0.3, -0.25) is 0 Å². The molecule has 1 saturated heterocycles. The molecular weight excluding hydrogens is 112 g/mol. The van der Waals surface area contributed by atoms with E-state index in [1.807, 2.05) is 4.90 Å². The fraction of sp³-hybridized carbons (Fsp3) is 0.857. The fourth-order valence-electron chi connectivity index (χ4n) is 1.61. The maximum absolute atomic E-state index is 8.50. The average Bonchev–Trinajstić information content (AvgIpc) is 2.44. The molecule has 0 radical (unpaired) electrons. The predicted molar refractivity (Wildman–Crippen MR) is 33.5 cm³/mol. The lowest BCUT2D eigenvalue weighted by Gasteiger charge is -2.04. The van der Waals surface area contributed by atoms with Crippen LogP contribution in [0.15, 0.2) is 0 Å². The van der Waals surface area contributed by atoms with Gasteiger partial charge in [0.15, 0.2) is 6.19 Å². The SMILES string of the molecule is N#CN1CCC2(CC2)C1. The fourth-order valence-corrected chi connectivity index (χ4v) is 1.61. The first-order chi connectivity index (χ1) is 4.35. The van der Waals surface area contributed by atoms with Crippen molar-refractivity contribution >= 4 is 0 Å². The van der Waals surface area contributed by atoms with Crippen LogP contribution in [0.5, 0.6) is 0 Å². The first-order valence-electron chi connectivity index (χ1n) is 3.49. The standard InChI is InChI=1S/C7H10N2/c8-6-9-4-3-7(5-9)1-2-7/h1-5H2. The van der Waals surface area contributed by atoms with Crippen LogP contribution in [0.2, 0.25) is 0 Å². The van der Waals surface area contributed by atoms with Gasteiger partial charge in [0.25, 0.3) is 0 Å². The van der Waals surface area contributed by atoms with Crippen LogP contribution in [0, 0.1) is 16.9 Å². The molecule has 0 N–H and O–H groups in total. The van der Waals surface area contributed by atoms with Crippen molar-refractivity contribution in [1.29, 1.82) is 5.26 Å².